The predicted octanol–water partition coefficient (Wildman–Crippen LogP) is 2.46. The van der Waals surface area contributed by atoms with Gasteiger partial charge in [0, 0.05) is 19.8 Å². The maximum absolute atomic E-state index is 12.7. The highest BCUT2D eigenvalue weighted by Gasteiger charge is 2.33. The molecule has 0 aromatic heterocycles. The number of benzene rings is 2. The molecule has 3 N–H and O–H groups in total. The van der Waals surface area contributed by atoms with Crippen LogP contribution in [0.25, 0.3) is 6.08 Å². The van der Waals surface area contributed by atoms with Crippen LogP contribution in [0.3, 0.4) is 0 Å². The number of rotatable bonds is 4. The van der Waals surface area contributed by atoms with Crippen molar-refractivity contribution < 1.29 is 13.2 Å². The summed E-state index contributed by atoms with van der Waals surface area (Å²) in [5.41, 5.74) is 2.32. The minimum atomic E-state index is -3.81. The fourth-order valence-electron chi connectivity index (χ4n) is 2.53. The van der Waals surface area contributed by atoms with Crippen molar-refractivity contribution in [2.45, 2.75) is 4.90 Å². The number of primary sulfonamides is 1. The van der Waals surface area contributed by atoms with Gasteiger partial charge in [0.15, 0.2) is 5.17 Å². The number of carbonyl (C=O) groups excluding carboxylic acids is 1. The molecule has 2 aromatic rings. The van der Waals surface area contributed by atoms with Crippen molar-refractivity contribution in [1.29, 1.82) is 5.41 Å². The van der Waals surface area contributed by atoms with Gasteiger partial charge in [-0.2, -0.15) is 0 Å². The summed E-state index contributed by atoms with van der Waals surface area (Å²) in [5.74, 6) is -0.329. The Balaban J connectivity index is 1.86. The fraction of sp³-hybridized carbons (Fsp3) is 0.111. The number of nitrogens with two attached hydrogens (primary N) is 1. The Kier molecular flexibility index (Phi) is 5.09. The van der Waals surface area contributed by atoms with Gasteiger partial charge in [0.05, 0.1) is 15.5 Å². The zero-order chi connectivity index (χ0) is 19.8. The first-order chi connectivity index (χ1) is 12.7. The molecule has 3 rings (SSSR count). The zero-order valence-electron chi connectivity index (χ0n) is 14.7. The van der Waals surface area contributed by atoms with Crippen molar-refractivity contribution in [3.8, 4) is 0 Å². The maximum atomic E-state index is 12.7. The second kappa shape index (κ2) is 7.18. The van der Waals surface area contributed by atoms with E-state index >= 15 is 0 Å². The summed E-state index contributed by atoms with van der Waals surface area (Å²) in [5, 5.41) is 13.3. The summed E-state index contributed by atoms with van der Waals surface area (Å²) in [7, 11) is 0.0887. The number of amides is 1. The lowest BCUT2D eigenvalue weighted by molar-refractivity contribution is -0.113. The fourth-order valence-corrected chi connectivity index (χ4v) is 3.90. The highest BCUT2D eigenvalue weighted by Crippen LogP contribution is 2.35. The van der Waals surface area contributed by atoms with Crippen molar-refractivity contribution in [1.82, 2.24) is 0 Å². The van der Waals surface area contributed by atoms with Gasteiger partial charge in [0.25, 0.3) is 5.91 Å². The molecule has 27 heavy (non-hydrogen) atoms. The first-order valence-corrected chi connectivity index (χ1v) is 10.3. The first kappa shape index (κ1) is 19.2. The molecular weight excluding hydrogens is 384 g/mol. The molecule has 0 bridgehead atoms. The highest BCUT2D eigenvalue weighted by molar-refractivity contribution is 8.19. The van der Waals surface area contributed by atoms with Crippen molar-refractivity contribution in [3.05, 3.63) is 59.0 Å². The van der Waals surface area contributed by atoms with Crippen molar-refractivity contribution in [2.24, 2.45) is 5.14 Å². The number of nitrogens with one attached hydrogen (secondary N) is 1. The molecule has 0 unspecified atom stereocenters. The first-order valence-electron chi connectivity index (χ1n) is 7.89. The number of amidine groups is 1. The maximum Gasteiger partial charge on any atom is 0.271 e. The Bertz CT molecular complexity index is 1030. The number of anilines is 2. The lowest BCUT2D eigenvalue weighted by Gasteiger charge is -2.14. The van der Waals surface area contributed by atoms with E-state index in [0.29, 0.717) is 10.6 Å². The third kappa shape index (κ3) is 4.05. The lowest BCUT2D eigenvalue weighted by atomic mass is 10.2. The van der Waals surface area contributed by atoms with Gasteiger partial charge in [0.1, 0.15) is 0 Å². The topological polar surface area (TPSA) is 108 Å². The van der Waals surface area contributed by atoms with Gasteiger partial charge >= 0.3 is 0 Å². The van der Waals surface area contributed by atoms with Gasteiger partial charge in [-0.1, -0.05) is 12.1 Å². The van der Waals surface area contributed by atoms with Crippen LogP contribution in [0.5, 0.6) is 0 Å². The average molecular weight is 403 g/mol. The number of hydrogen-bond acceptors (Lipinski definition) is 6. The molecule has 1 aliphatic rings. The highest BCUT2D eigenvalue weighted by atomic mass is 32.2. The van der Waals surface area contributed by atoms with Gasteiger partial charge in [-0.25, -0.2) is 13.6 Å². The Hall–Kier alpha value is -2.62. The molecule has 1 aliphatic heterocycles. The van der Waals surface area contributed by atoms with Crippen LogP contribution < -0.4 is 14.9 Å². The van der Waals surface area contributed by atoms with Gasteiger partial charge in [-0.15, -0.1) is 0 Å². The minimum absolute atomic E-state index is 0.0474. The summed E-state index contributed by atoms with van der Waals surface area (Å²) >= 11 is 1.06. The van der Waals surface area contributed by atoms with Gasteiger partial charge < -0.3 is 4.90 Å². The number of sulfonamides is 1. The predicted molar refractivity (Wildman–Crippen MR) is 109 cm³/mol. The normalized spacial score (nSPS) is 16.3. The molecule has 0 saturated carbocycles. The zero-order valence-corrected chi connectivity index (χ0v) is 16.3. The number of hydrogen-bond donors (Lipinski definition) is 2. The van der Waals surface area contributed by atoms with E-state index in [-0.39, 0.29) is 16.0 Å². The lowest BCUT2D eigenvalue weighted by Crippen LogP contribution is -2.28. The van der Waals surface area contributed by atoms with E-state index in [1.54, 1.807) is 6.08 Å². The molecule has 0 aliphatic carbocycles. The quantitative estimate of drug-likeness (QED) is 0.764. The van der Waals surface area contributed by atoms with E-state index in [0.717, 1.165) is 23.0 Å². The Morgan fingerprint density at radius 3 is 2.19 bits per heavy atom. The number of carbonyl (C=O) groups is 1. The largest absolute Gasteiger partial charge is 0.378 e. The third-order valence-electron chi connectivity index (χ3n) is 3.95. The van der Waals surface area contributed by atoms with Crippen LogP contribution in [-0.2, 0) is 14.8 Å². The number of nitrogens with zero attached hydrogens (tertiary/aromatic N) is 2. The molecule has 0 radical (unpaired) electrons. The van der Waals surface area contributed by atoms with E-state index in [1.165, 1.54) is 29.2 Å². The molecule has 140 valence electrons. The van der Waals surface area contributed by atoms with Crippen LogP contribution in [0.4, 0.5) is 11.4 Å². The summed E-state index contributed by atoms with van der Waals surface area (Å²) in [6.45, 7) is 0. The molecular formula is C18H18N4O3S2. The minimum Gasteiger partial charge on any atom is -0.378 e. The summed E-state index contributed by atoms with van der Waals surface area (Å²) in [4.78, 5) is 16.3. The van der Waals surface area contributed by atoms with Crippen LogP contribution in [0, 0.1) is 5.41 Å². The number of thioether (sulfide) groups is 1. The SMILES string of the molecule is CN(C)c1ccc(/C=C2\SC(=N)N(c3ccc(S(N)(=O)=O)cc3)C2=O)cc1. The van der Waals surface area contributed by atoms with E-state index in [4.69, 9.17) is 10.5 Å². The summed E-state index contributed by atoms with van der Waals surface area (Å²) in [6.07, 6.45) is 1.74. The van der Waals surface area contributed by atoms with E-state index in [2.05, 4.69) is 0 Å². The Morgan fingerprint density at radius 1 is 1.07 bits per heavy atom. The second-order valence-electron chi connectivity index (χ2n) is 6.08. The molecule has 0 atom stereocenters. The Labute approximate surface area is 162 Å². The molecule has 2 aromatic carbocycles. The van der Waals surface area contributed by atoms with Crippen molar-refractivity contribution >= 4 is 50.3 Å². The van der Waals surface area contributed by atoms with Gasteiger partial charge in [-0.3, -0.25) is 15.1 Å². The molecule has 9 heteroatoms. The summed E-state index contributed by atoms with van der Waals surface area (Å²) < 4.78 is 22.7. The van der Waals surface area contributed by atoms with E-state index in [9.17, 15) is 13.2 Å². The van der Waals surface area contributed by atoms with Gasteiger partial charge in [-0.05, 0) is 59.8 Å². The molecule has 1 heterocycles. The average Bonchev–Trinajstić information content (AvgIpc) is 2.88. The van der Waals surface area contributed by atoms with Crippen LogP contribution in [0.2, 0.25) is 0 Å². The van der Waals surface area contributed by atoms with Crippen molar-refractivity contribution in [2.75, 3.05) is 23.9 Å². The monoisotopic (exact) mass is 402 g/mol. The van der Waals surface area contributed by atoms with Crippen LogP contribution in [0.1, 0.15) is 5.56 Å². The standard InChI is InChI=1S/C18H18N4O3S2/c1-21(2)13-5-3-12(4-6-13)11-16-17(23)22(18(19)26-16)14-7-9-15(10-8-14)27(20,24)25/h3-11,19H,1-2H3,(H2,20,24,25)/b16-11-,19-18?. The van der Waals surface area contributed by atoms with Crippen molar-refractivity contribution in [3.63, 3.8) is 0 Å². The molecule has 0 spiro atoms. The van der Waals surface area contributed by atoms with E-state index < -0.39 is 10.0 Å². The molecule has 1 amide bonds. The van der Waals surface area contributed by atoms with E-state index in [1.807, 2.05) is 43.3 Å². The molecule has 1 saturated heterocycles. The Morgan fingerprint density at radius 2 is 1.67 bits per heavy atom. The summed E-state index contributed by atoms with van der Waals surface area (Å²) in [6, 6.07) is 13.3. The van der Waals surface area contributed by atoms with Crippen LogP contribution in [0.15, 0.2) is 58.3 Å². The second-order valence-corrected chi connectivity index (χ2v) is 8.67. The molecule has 7 nitrogen and oxygen atoms in total. The van der Waals surface area contributed by atoms with Crippen LogP contribution >= 0.6 is 11.8 Å². The smallest absolute Gasteiger partial charge is 0.271 e. The van der Waals surface area contributed by atoms with Crippen LogP contribution in [-0.4, -0.2) is 33.6 Å². The van der Waals surface area contributed by atoms with Gasteiger partial charge in [0.2, 0.25) is 10.0 Å². The molecule has 1 fully saturated rings. The third-order valence-corrected chi connectivity index (χ3v) is 5.77.